The fourth-order valence-corrected chi connectivity index (χ4v) is 2.22. The molecule has 21 heavy (non-hydrogen) atoms. The Labute approximate surface area is 126 Å². The highest BCUT2D eigenvalue weighted by Gasteiger charge is 2.11. The Morgan fingerprint density at radius 1 is 1.19 bits per heavy atom. The fourth-order valence-electron chi connectivity index (χ4n) is 2.22. The average Bonchev–Trinajstić information content (AvgIpc) is 2.52. The predicted molar refractivity (Wildman–Crippen MR) is 83.9 cm³/mol. The van der Waals surface area contributed by atoms with E-state index in [-0.39, 0.29) is 6.04 Å². The molecule has 0 amide bonds. The molecule has 1 aromatic carbocycles. The highest BCUT2D eigenvalue weighted by molar-refractivity contribution is 5.28. The Bertz CT molecular complexity index is 572. The van der Waals surface area contributed by atoms with Crippen LogP contribution in [0.2, 0.25) is 0 Å². The first-order chi connectivity index (χ1) is 10.2. The van der Waals surface area contributed by atoms with Gasteiger partial charge in [-0.3, -0.25) is 4.98 Å². The molecule has 4 nitrogen and oxygen atoms in total. The summed E-state index contributed by atoms with van der Waals surface area (Å²) < 4.78 is 11.0. The quantitative estimate of drug-likeness (QED) is 0.849. The molecule has 2 aromatic rings. The molecule has 0 saturated heterocycles. The Hall–Kier alpha value is -2.07. The fraction of sp³-hybridized carbons (Fsp3) is 0.353. The van der Waals surface area contributed by atoms with Gasteiger partial charge in [-0.25, -0.2) is 0 Å². The number of hydrogen-bond acceptors (Lipinski definition) is 4. The molecule has 0 fully saturated rings. The number of aryl methyl sites for hydroxylation is 1. The summed E-state index contributed by atoms with van der Waals surface area (Å²) in [6, 6.07) is 10.3. The van der Waals surface area contributed by atoms with Crippen molar-refractivity contribution in [1.82, 2.24) is 10.3 Å². The zero-order chi connectivity index (χ0) is 15.1. The van der Waals surface area contributed by atoms with Gasteiger partial charge >= 0.3 is 0 Å². The first-order valence-corrected chi connectivity index (χ1v) is 7.08. The number of ether oxygens (including phenoxy) is 2. The van der Waals surface area contributed by atoms with Gasteiger partial charge in [0.15, 0.2) is 0 Å². The normalized spacial score (nSPS) is 12.0. The molecule has 0 radical (unpaired) electrons. The van der Waals surface area contributed by atoms with E-state index >= 15 is 0 Å². The summed E-state index contributed by atoms with van der Waals surface area (Å²) in [6.07, 6.45) is 4.43. The average molecular weight is 286 g/mol. The Morgan fingerprint density at radius 3 is 2.76 bits per heavy atom. The number of benzene rings is 1. The predicted octanol–water partition coefficient (Wildman–Crippen LogP) is 3.13. The molecule has 2 rings (SSSR count). The minimum atomic E-state index is 0.192. The number of nitrogens with one attached hydrogen (secondary N) is 1. The van der Waals surface area contributed by atoms with Crippen LogP contribution in [0.25, 0.3) is 0 Å². The minimum Gasteiger partial charge on any atom is -0.495 e. The summed E-state index contributed by atoms with van der Waals surface area (Å²) in [7, 11) is 3.59. The van der Waals surface area contributed by atoms with E-state index in [1.54, 1.807) is 13.3 Å². The minimum absolute atomic E-state index is 0.192. The van der Waals surface area contributed by atoms with E-state index in [4.69, 9.17) is 9.47 Å². The smallest absolute Gasteiger partial charge is 0.137 e. The second-order valence-electron chi connectivity index (χ2n) is 4.95. The van der Waals surface area contributed by atoms with Crippen molar-refractivity contribution in [2.45, 2.75) is 19.4 Å². The van der Waals surface area contributed by atoms with Crippen molar-refractivity contribution in [3.63, 3.8) is 0 Å². The molecule has 0 bridgehead atoms. The second-order valence-corrected chi connectivity index (χ2v) is 4.95. The number of rotatable bonds is 7. The van der Waals surface area contributed by atoms with E-state index in [1.165, 1.54) is 5.56 Å². The highest BCUT2D eigenvalue weighted by atomic mass is 16.5. The van der Waals surface area contributed by atoms with E-state index in [0.717, 1.165) is 23.5 Å². The molecule has 0 aliphatic carbocycles. The molecule has 0 saturated carbocycles. The van der Waals surface area contributed by atoms with E-state index < -0.39 is 0 Å². The van der Waals surface area contributed by atoms with Crippen molar-refractivity contribution in [3.05, 3.63) is 53.9 Å². The lowest BCUT2D eigenvalue weighted by Gasteiger charge is -2.17. The second kappa shape index (κ2) is 7.64. The van der Waals surface area contributed by atoms with Gasteiger partial charge in [-0.1, -0.05) is 12.1 Å². The number of aromatic nitrogens is 1. The number of methoxy groups -OCH3 is 1. The standard InChI is InChI=1S/C17H22N2O2/c1-13-5-4-6-15(9-13)21-8-7-17(18-2)14-10-16(20-3)12-19-11-14/h4-6,9-12,17-18H,7-8H2,1-3H3. The Balaban J connectivity index is 1.93. The maximum Gasteiger partial charge on any atom is 0.137 e. The molecule has 112 valence electrons. The summed E-state index contributed by atoms with van der Waals surface area (Å²) >= 11 is 0. The molecular formula is C17H22N2O2. The van der Waals surface area contributed by atoms with Crippen LogP contribution in [0.15, 0.2) is 42.7 Å². The van der Waals surface area contributed by atoms with Crippen molar-refractivity contribution in [1.29, 1.82) is 0 Å². The van der Waals surface area contributed by atoms with Crippen LogP contribution < -0.4 is 14.8 Å². The first kappa shape index (κ1) is 15.3. The van der Waals surface area contributed by atoms with Gasteiger partial charge in [0.05, 0.1) is 19.9 Å². The van der Waals surface area contributed by atoms with E-state index in [1.807, 2.05) is 37.5 Å². The monoisotopic (exact) mass is 286 g/mol. The third-order valence-electron chi connectivity index (χ3n) is 3.39. The summed E-state index contributed by atoms with van der Waals surface area (Å²) in [5.74, 6) is 1.68. The van der Waals surface area contributed by atoms with Crippen LogP contribution in [-0.4, -0.2) is 25.7 Å². The van der Waals surface area contributed by atoms with Crippen LogP contribution in [0.4, 0.5) is 0 Å². The number of nitrogens with zero attached hydrogens (tertiary/aromatic N) is 1. The van der Waals surface area contributed by atoms with Gasteiger partial charge in [0.25, 0.3) is 0 Å². The van der Waals surface area contributed by atoms with E-state index in [2.05, 4.69) is 23.3 Å². The van der Waals surface area contributed by atoms with Gasteiger partial charge in [0.1, 0.15) is 11.5 Å². The molecule has 1 N–H and O–H groups in total. The van der Waals surface area contributed by atoms with Gasteiger partial charge in [0.2, 0.25) is 0 Å². The zero-order valence-corrected chi connectivity index (χ0v) is 12.8. The van der Waals surface area contributed by atoms with Crippen LogP contribution in [0, 0.1) is 6.92 Å². The molecular weight excluding hydrogens is 264 g/mol. The van der Waals surface area contributed by atoms with Gasteiger partial charge in [-0.2, -0.15) is 0 Å². The lowest BCUT2D eigenvalue weighted by molar-refractivity contribution is 0.289. The number of hydrogen-bond donors (Lipinski definition) is 1. The highest BCUT2D eigenvalue weighted by Crippen LogP contribution is 2.21. The number of pyridine rings is 1. The zero-order valence-electron chi connectivity index (χ0n) is 12.8. The molecule has 0 aliphatic rings. The largest absolute Gasteiger partial charge is 0.495 e. The van der Waals surface area contributed by atoms with Crippen molar-refractivity contribution in [2.75, 3.05) is 20.8 Å². The molecule has 1 unspecified atom stereocenters. The van der Waals surface area contributed by atoms with Crippen LogP contribution >= 0.6 is 0 Å². The summed E-state index contributed by atoms with van der Waals surface area (Å²) in [5, 5.41) is 3.29. The maximum atomic E-state index is 5.81. The lowest BCUT2D eigenvalue weighted by Crippen LogP contribution is -2.19. The summed E-state index contributed by atoms with van der Waals surface area (Å²) in [5.41, 5.74) is 2.30. The van der Waals surface area contributed by atoms with Crippen LogP contribution in [0.5, 0.6) is 11.5 Å². The third kappa shape index (κ3) is 4.46. The van der Waals surface area contributed by atoms with Crippen LogP contribution in [0.3, 0.4) is 0 Å². The molecule has 1 atom stereocenters. The van der Waals surface area contributed by atoms with Crippen LogP contribution in [-0.2, 0) is 0 Å². The first-order valence-electron chi connectivity index (χ1n) is 7.08. The molecule has 4 heteroatoms. The summed E-state index contributed by atoms with van der Waals surface area (Å²) in [4.78, 5) is 4.20. The third-order valence-corrected chi connectivity index (χ3v) is 3.39. The Kier molecular flexibility index (Phi) is 5.58. The molecule has 1 heterocycles. The van der Waals surface area contributed by atoms with Crippen LogP contribution in [0.1, 0.15) is 23.6 Å². The van der Waals surface area contributed by atoms with Gasteiger partial charge < -0.3 is 14.8 Å². The summed E-state index contributed by atoms with van der Waals surface area (Å²) in [6.45, 7) is 2.71. The van der Waals surface area contributed by atoms with Crippen molar-refractivity contribution < 1.29 is 9.47 Å². The van der Waals surface area contributed by atoms with Gasteiger partial charge in [-0.05, 0) is 43.3 Å². The van der Waals surface area contributed by atoms with Crippen molar-refractivity contribution >= 4 is 0 Å². The maximum absolute atomic E-state index is 5.81. The van der Waals surface area contributed by atoms with E-state index in [9.17, 15) is 0 Å². The SMILES string of the molecule is CNC(CCOc1cccc(C)c1)c1cncc(OC)c1. The topological polar surface area (TPSA) is 43.4 Å². The molecule has 0 aliphatic heterocycles. The molecule has 1 aromatic heterocycles. The van der Waals surface area contributed by atoms with Crippen molar-refractivity contribution in [2.24, 2.45) is 0 Å². The Morgan fingerprint density at radius 2 is 2.05 bits per heavy atom. The van der Waals surface area contributed by atoms with Gasteiger partial charge in [0, 0.05) is 18.7 Å². The van der Waals surface area contributed by atoms with E-state index in [0.29, 0.717) is 6.61 Å². The molecule has 0 spiro atoms. The van der Waals surface area contributed by atoms with Crippen molar-refractivity contribution in [3.8, 4) is 11.5 Å². The van der Waals surface area contributed by atoms with Gasteiger partial charge in [-0.15, -0.1) is 0 Å². The lowest BCUT2D eigenvalue weighted by atomic mass is 10.1.